The van der Waals surface area contributed by atoms with Crippen molar-refractivity contribution < 1.29 is 0 Å². The van der Waals surface area contributed by atoms with E-state index < -0.39 is 0 Å². The minimum absolute atomic E-state index is 0.0324. The van der Waals surface area contributed by atoms with E-state index in [-0.39, 0.29) is 5.56 Å². The van der Waals surface area contributed by atoms with Gasteiger partial charge in [0, 0.05) is 4.88 Å². The van der Waals surface area contributed by atoms with Gasteiger partial charge in [-0.05, 0) is 37.3 Å². The second kappa shape index (κ2) is 5.06. The third-order valence-electron chi connectivity index (χ3n) is 3.76. The lowest BCUT2D eigenvalue weighted by Crippen LogP contribution is -2.19. The Bertz CT molecular complexity index is 658. The third-order valence-corrected chi connectivity index (χ3v) is 4.91. The summed E-state index contributed by atoms with van der Waals surface area (Å²) in [5.41, 5.74) is 1.28. The summed E-state index contributed by atoms with van der Waals surface area (Å²) in [7, 11) is 0. The molecule has 3 rings (SSSR count). The minimum Gasteiger partial charge on any atom is -0.310 e. The molecule has 0 radical (unpaired) electrons. The minimum atomic E-state index is 0.0324. The van der Waals surface area contributed by atoms with Gasteiger partial charge in [0.2, 0.25) is 0 Å². The smallest absolute Gasteiger partial charge is 0.259 e. The van der Waals surface area contributed by atoms with Crippen molar-refractivity contribution in [3.05, 3.63) is 26.6 Å². The maximum absolute atomic E-state index is 12.3. The van der Waals surface area contributed by atoms with Crippen molar-refractivity contribution in [3.8, 4) is 0 Å². The zero-order chi connectivity index (χ0) is 13.4. The van der Waals surface area contributed by atoms with Crippen molar-refractivity contribution in [1.82, 2.24) is 15.3 Å². The van der Waals surface area contributed by atoms with Crippen LogP contribution in [0.3, 0.4) is 0 Å². The number of thiophene rings is 1. The van der Waals surface area contributed by atoms with E-state index in [2.05, 4.69) is 22.2 Å². The number of hydrogen-bond donors (Lipinski definition) is 2. The molecule has 1 unspecified atom stereocenters. The van der Waals surface area contributed by atoms with E-state index in [9.17, 15) is 4.79 Å². The number of rotatable bonds is 3. The molecule has 102 valence electrons. The highest BCUT2D eigenvalue weighted by atomic mass is 32.1. The van der Waals surface area contributed by atoms with Crippen LogP contribution in [0.2, 0.25) is 0 Å². The molecule has 0 bridgehead atoms. The van der Waals surface area contributed by atoms with Crippen molar-refractivity contribution in [2.45, 2.75) is 39.7 Å². The van der Waals surface area contributed by atoms with Crippen LogP contribution in [0.4, 0.5) is 0 Å². The predicted octanol–water partition coefficient (Wildman–Crippen LogP) is 2.22. The molecule has 0 amide bonds. The SMILES string of the molecule is CCNCc1nc2sc3c(c2c(=O)[nH]1)CCC(C)C3. The van der Waals surface area contributed by atoms with Crippen LogP contribution >= 0.6 is 11.3 Å². The summed E-state index contributed by atoms with van der Waals surface area (Å²) in [4.78, 5) is 22.1. The van der Waals surface area contributed by atoms with Crippen molar-refractivity contribution in [1.29, 1.82) is 0 Å². The van der Waals surface area contributed by atoms with Gasteiger partial charge in [-0.3, -0.25) is 4.79 Å². The molecular formula is C14H19N3OS. The number of aromatic amines is 1. The second-order valence-electron chi connectivity index (χ2n) is 5.32. The van der Waals surface area contributed by atoms with Crippen molar-refractivity contribution in [3.63, 3.8) is 0 Å². The predicted molar refractivity (Wildman–Crippen MR) is 78.8 cm³/mol. The third kappa shape index (κ3) is 2.32. The molecule has 0 saturated heterocycles. The maximum atomic E-state index is 12.3. The van der Waals surface area contributed by atoms with Crippen LogP contribution in [-0.4, -0.2) is 16.5 Å². The average molecular weight is 277 g/mol. The van der Waals surface area contributed by atoms with E-state index in [1.807, 2.05) is 6.92 Å². The van der Waals surface area contributed by atoms with Crippen LogP contribution in [0.1, 0.15) is 36.5 Å². The average Bonchev–Trinajstić information content (AvgIpc) is 2.73. The first kappa shape index (κ1) is 12.8. The Kier molecular flexibility index (Phi) is 3.41. The highest BCUT2D eigenvalue weighted by Gasteiger charge is 2.22. The van der Waals surface area contributed by atoms with E-state index in [1.165, 1.54) is 16.9 Å². The van der Waals surface area contributed by atoms with Crippen LogP contribution in [0, 0.1) is 5.92 Å². The largest absolute Gasteiger partial charge is 0.310 e. The molecule has 2 N–H and O–H groups in total. The van der Waals surface area contributed by atoms with E-state index in [0.29, 0.717) is 6.54 Å². The molecule has 2 aromatic rings. The molecule has 0 aromatic carbocycles. The zero-order valence-electron chi connectivity index (χ0n) is 11.4. The number of hydrogen-bond acceptors (Lipinski definition) is 4. The fourth-order valence-electron chi connectivity index (χ4n) is 2.72. The van der Waals surface area contributed by atoms with Gasteiger partial charge in [0.15, 0.2) is 0 Å². The van der Waals surface area contributed by atoms with Gasteiger partial charge in [-0.15, -0.1) is 11.3 Å². The summed E-state index contributed by atoms with van der Waals surface area (Å²) >= 11 is 1.71. The van der Waals surface area contributed by atoms with Gasteiger partial charge in [0.1, 0.15) is 10.7 Å². The first-order chi connectivity index (χ1) is 9.19. The molecule has 2 aromatic heterocycles. The highest BCUT2D eigenvalue weighted by Crippen LogP contribution is 2.35. The topological polar surface area (TPSA) is 57.8 Å². The van der Waals surface area contributed by atoms with E-state index in [0.717, 1.165) is 41.3 Å². The molecule has 0 fully saturated rings. The van der Waals surface area contributed by atoms with Crippen LogP contribution in [0.5, 0.6) is 0 Å². The van der Waals surface area contributed by atoms with Gasteiger partial charge in [-0.1, -0.05) is 13.8 Å². The van der Waals surface area contributed by atoms with Gasteiger partial charge < -0.3 is 10.3 Å². The Balaban J connectivity index is 2.09. The van der Waals surface area contributed by atoms with Gasteiger partial charge in [-0.2, -0.15) is 0 Å². The maximum Gasteiger partial charge on any atom is 0.259 e. The first-order valence-corrected chi connectivity index (χ1v) is 7.74. The molecule has 1 atom stereocenters. The number of nitrogens with zero attached hydrogens (tertiary/aromatic N) is 1. The molecule has 0 saturated carbocycles. The number of aryl methyl sites for hydroxylation is 1. The van der Waals surface area contributed by atoms with Gasteiger partial charge >= 0.3 is 0 Å². The van der Waals surface area contributed by atoms with Crippen molar-refractivity contribution in [2.24, 2.45) is 5.92 Å². The number of fused-ring (bicyclic) bond motifs is 3. The van der Waals surface area contributed by atoms with Crippen LogP contribution in [0.15, 0.2) is 4.79 Å². The summed E-state index contributed by atoms with van der Waals surface area (Å²) in [5, 5.41) is 4.04. The van der Waals surface area contributed by atoms with Gasteiger partial charge in [0.25, 0.3) is 5.56 Å². The summed E-state index contributed by atoms with van der Waals surface area (Å²) in [6.07, 6.45) is 3.30. The quantitative estimate of drug-likeness (QED) is 0.904. The monoisotopic (exact) mass is 277 g/mol. The lowest BCUT2D eigenvalue weighted by Gasteiger charge is -2.17. The lowest BCUT2D eigenvalue weighted by molar-refractivity contribution is 0.509. The molecular weight excluding hydrogens is 258 g/mol. The van der Waals surface area contributed by atoms with Crippen LogP contribution in [-0.2, 0) is 19.4 Å². The Labute approximate surface area is 116 Å². The van der Waals surface area contributed by atoms with E-state index >= 15 is 0 Å². The van der Waals surface area contributed by atoms with E-state index in [1.54, 1.807) is 11.3 Å². The molecule has 19 heavy (non-hydrogen) atoms. The van der Waals surface area contributed by atoms with Crippen molar-refractivity contribution in [2.75, 3.05) is 6.54 Å². The molecule has 1 aliphatic carbocycles. The van der Waals surface area contributed by atoms with Crippen LogP contribution in [0.25, 0.3) is 10.2 Å². The fraction of sp³-hybridized carbons (Fsp3) is 0.571. The van der Waals surface area contributed by atoms with Crippen LogP contribution < -0.4 is 10.9 Å². The first-order valence-electron chi connectivity index (χ1n) is 6.93. The Hall–Kier alpha value is -1.20. The van der Waals surface area contributed by atoms with Crippen molar-refractivity contribution >= 4 is 21.6 Å². The molecule has 1 aliphatic rings. The number of nitrogens with one attached hydrogen (secondary N) is 2. The second-order valence-corrected chi connectivity index (χ2v) is 6.41. The number of aromatic nitrogens is 2. The molecule has 0 spiro atoms. The summed E-state index contributed by atoms with van der Waals surface area (Å²) in [5.74, 6) is 1.46. The lowest BCUT2D eigenvalue weighted by atomic mass is 9.89. The standard InChI is InChI=1S/C14H19N3OS/c1-3-15-7-11-16-13(18)12-9-5-4-8(2)6-10(9)19-14(12)17-11/h8,15H,3-7H2,1-2H3,(H,16,17,18). The summed E-state index contributed by atoms with van der Waals surface area (Å²) in [6.45, 7) is 5.82. The molecule has 5 heteroatoms. The van der Waals surface area contributed by atoms with E-state index in [4.69, 9.17) is 0 Å². The molecule has 4 nitrogen and oxygen atoms in total. The Morgan fingerprint density at radius 1 is 1.53 bits per heavy atom. The molecule has 0 aliphatic heterocycles. The normalized spacial score (nSPS) is 18.7. The summed E-state index contributed by atoms with van der Waals surface area (Å²) in [6, 6.07) is 0. The summed E-state index contributed by atoms with van der Waals surface area (Å²) < 4.78 is 0. The van der Waals surface area contributed by atoms with Gasteiger partial charge in [-0.25, -0.2) is 4.98 Å². The van der Waals surface area contributed by atoms with Gasteiger partial charge in [0.05, 0.1) is 11.9 Å². The highest BCUT2D eigenvalue weighted by molar-refractivity contribution is 7.18. The Morgan fingerprint density at radius 2 is 2.37 bits per heavy atom. The zero-order valence-corrected chi connectivity index (χ0v) is 12.2. The Morgan fingerprint density at radius 3 is 3.16 bits per heavy atom. The molecule has 2 heterocycles. The fourth-order valence-corrected chi connectivity index (χ4v) is 4.12. The number of H-pyrrole nitrogens is 1.